The van der Waals surface area contributed by atoms with E-state index in [1.165, 1.54) is 115 Å². The largest absolute Gasteiger partial charge is 0.456 e. The van der Waals surface area contributed by atoms with Crippen molar-refractivity contribution in [2.45, 2.75) is 77.9 Å². The van der Waals surface area contributed by atoms with Crippen molar-refractivity contribution < 1.29 is 4.42 Å². The second-order valence-electron chi connectivity index (χ2n) is 20.7. The molecule has 0 saturated carbocycles. The molecule has 0 radical (unpaired) electrons. The third kappa shape index (κ3) is 4.39. The van der Waals surface area contributed by atoms with Gasteiger partial charge in [0.1, 0.15) is 11.2 Å². The summed E-state index contributed by atoms with van der Waals surface area (Å²) in [5.41, 5.74) is 20.4. The lowest BCUT2D eigenvalue weighted by Crippen LogP contribution is -2.62. The SMILES string of the molecule is Cc1cc2c(cc1N1c3cc4ccccc4c4c3B(c3c1ccc1c3oc3ccccc31)N1c3ccccc3S3(c5ccccc5-c5ccccc53)c3cccc-4c31)C(C)(C)CCC2(C)C. The minimum atomic E-state index is -1.92. The number of hydrogen-bond donors (Lipinski definition) is 0. The van der Waals surface area contributed by atoms with Crippen LogP contribution in [0.5, 0.6) is 0 Å². The highest BCUT2D eigenvalue weighted by Gasteiger charge is 2.55. The highest BCUT2D eigenvalue weighted by molar-refractivity contribution is 8.34. The molecular formula is C61H47BN2OS. The Labute approximate surface area is 387 Å². The predicted molar refractivity (Wildman–Crippen MR) is 278 cm³/mol. The van der Waals surface area contributed by atoms with Gasteiger partial charge in [-0.05, 0) is 141 Å². The van der Waals surface area contributed by atoms with Crippen molar-refractivity contribution in [3.05, 3.63) is 187 Å². The second-order valence-corrected chi connectivity index (χ2v) is 23.6. The average molecular weight is 867 g/mol. The first-order valence-electron chi connectivity index (χ1n) is 23.7. The van der Waals surface area contributed by atoms with Gasteiger partial charge < -0.3 is 14.1 Å². The van der Waals surface area contributed by atoms with Gasteiger partial charge in [0.2, 0.25) is 0 Å². The second kappa shape index (κ2) is 12.5. The lowest BCUT2D eigenvalue weighted by atomic mass is 9.43. The smallest absolute Gasteiger partial charge is 0.337 e. The molecule has 0 saturated heterocycles. The number of benzene rings is 9. The topological polar surface area (TPSA) is 19.6 Å². The summed E-state index contributed by atoms with van der Waals surface area (Å²) in [6, 6.07) is 65.3. The molecule has 0 bridgehead atoms. The zero-order valence-electron chi connectivity index (χ0n) is 37.9. The van der Waals surface area contributed by atoms with Crippen LogP contribution in [0, 0.1) is 6.92 Å². The fraction of sp³-hybridized carbons (Fsp3) is 0.148. The molecule has 1 aromatic heterocycles. The van der Waals surface area contributed by atoms with Crippen LogP contribution in [-0.4, -0.2) is 6.85 Å². The summed E-state index contributed by atoms with van der Waals surface area (Å²) in [6.45, 7) is 11.9. The molecule has 0 atom stereocenters. The van der Waals surface area contributed by atoms with E-state index in [4.69, 9.17) is 4.42 Å². The van der Waals surface area contributed by atoms with Gasteiger partial charge in [0.25, 0.3) is 0 Å². The first-order valence-corrected chi connectivity index (χ1v) is 25.3. The van der Waals surface area contributed by atoms with Gasteiger partial charge in [-0.15, -0.1) is 10.0 Å². The van der Waals surface area contributed by atoms with Crippen LogP contribution in [0.4, 0.5) is 28.4 Å². The molecule has 316 valence electrons. The van der Waals surface area contributed by atoms with Crippen molar-refractivity contribution >= 4 is 88.9 Å². The van der Waals surface area contributed by atoms with E-state index < -0.39 is 10.0 Å². The zero-order valence-corrected chi connectivity index (χ0v) is 38.7. The highest BCUT2D eigenvalue weighted by atomic mass is 32.3. The van der Waals surface area contributed by atoms with Gasteiger partial charge in [-0.1, -0.05) is 137 Å². The Morgan fingerprint density at radius 2 is 1.12 bits per heavy atom. The van der Waals surface area contributed by atoms with Crippen LogP contribution in [0.1, 0.15) is 57.2 Å². The fourth-order valence-electron chi connectivity index (χ4n) is 13.2. The first kappa shape index (κ1) is 37.3. The molecule has 66 heavy (non-hydrogen) atoms. The van der Waals surface area contributed by atoms with Crippen LogP contribution in [0.25, 0.3) is 55.0 Å². The molecule has 1 spiro atoms. The van der Waals surface area contributed by atoms with Crippen LogP contribution >= 0.6 is 10.0 Å². The monoisotopic (exact) mass is 866 g/mol. The van der Waals surface area contributed by atoms with Gasteiger partial charge in [-0.3, -0.25) is 0 Å². The van der Waals surface area contributed by atoms with Crippen LogP contribution in [0.2, 0.25) is 0 Å². The van der Waals surface area contributed by atoms with E-state index >= 15 is 0 Å². The Morgan fingerprint density at radius 3 is 1.89 bits per heavy atom. The lowest BCUT2D eigenvalue weighted by molar-refractivity contribution is 0.332. The Morgan fingerprint density at radius 1 is 0.500 bits per heavy atom. The molecule has 0 unspecified atom stereocenters. The number of aryl methyl sites for hydroxylation is 1. The van der Waals surface area contributed by atoms with E-state index in [2.05, 4.69) is 214 Å². The normalized spacial score (nSPS) is 17.5. The lowest BCUT2D eigenvalue weighted by Gasteiger charge is -2.54. The molecule has 0 N–H and O–H groups in total. The van der Waals surface area contributed by atoms with Crippen molar-refractivity contribution in [2.75, 3.05) is 9.71 Å². The predicted octanol–water partition coefficient (Wildman–Crippen LogP) is 15.7. The average Bonchev–Trinajstić information content (AvgIpc) is 3.86. The maximum Gasteiger partial charge on any atom is 0.337 e. The number of fused-ring (bicyclic) bond motifs is 20. The number of para-hydroxylation sites is 3. The minimum Gasteiger partial charge on any atom is -0.456 e. The maximum absolute atomic E-state index is 7.27. The van der Waals surface area contributed by atoms with E-state index in [1.54, 1.807) is 0 Å². The fourth-order valence-corrected chi connectivity index (χ4v) is 17.8. The van der Waals surface area contributed by atoms with Crippen LogP contribution in [0.15, 0.2) is 194 Å². The van der Waals surface area contributed by atoms with Gasteiger partial charge >= 0.3 is 6.85 Å². The van der Waals surface area contributed by atoms with Crippen LogP contribution in [-0.2, 0) is 10.8 Å². The summed E-state index contributed by atoms with van der Waals surface area (Å²) >= 11 is 0. The highest BCUT2D eigenvalue weighted by Crippen LogP contribution is 2.85. The van der Waals surface area contributed by atoms with Crippen molar-refractivity contribution in [3.8, 4) is 22.3 Å². The van der Waals surface area contributed by atoms with Gasteiger partial charge in [0.15, 0.2) is 0 Å². The molecule has 5 aliphatic rings. The summed E-state index contributed by atoms with van der Waals surface area (Å²) in [4.78, 5) is 11.1. The molecule has 15 rings (SSSR count). The molecule has 5 heterocycles. The molecule has 4 aliphatic heterocycles. The van der Waals surface area contributed by atoms with Crippen molar-refractivity contribution in [2.24, 2.45) is 0 Å². The maximum atomic E-state index is 7.27. The van der Waals surface area contributed by atoms with Gasteiger partial charge in [0, 0.05) is 64.1 Å². The summed E-state index contributed by atoms with van der Waals surface area (Å²) in [6.07, 6.45) is 2.34. The Hall–Kier alpha value is -6.95. The van der Waals surface area contributed by atoms with Crippen molar-refractivity contribution in [1.29, 1.82) is 0 Å². The van der Waals surface area contributed by atoms with Crippen molar-refractivity contribution in [1.82, 2.24) is 0 Å². The number of anilines is 5. The van der Waals surface area contributed by atoms with E-state index in [0.29, 0.717) is 0 Å². The molecule has 9 aromatic carbocycles. The molecule has 0 amide bonds. The van der Waals surface area contributed by atoms with Gasteiger partial charge in [-0.2, -0.15) is 0 Å². The molecule has 10 aromatic rings. The van der Waals surface area contributed by atoms with E-state index in [1.807, 2.05) is 0 Å². The zero-order chi connectivity index (χ0) is 44.0. The number of furan rings is 1. The number of hydrogen-bond acceptors (Lipinski definition) is 3. The minimum absolute atomic E-state index is 0.0442. The summed E-state index contributed by atoms with van der Waals surface area (Å²) in [5, 5.41) is 4.85. The quantitative estimate of drug-likeness (QED) is 0.153. The standard InChI is InChI=1S/C61H47BN2OS/c1-36-33-44-45(61(4,5)32-31-60(44,2)3)35-48(36)63-47-30-29-42-39-19-8-12-24-50(39)65-59(42)57(47)62-56-49(63)34-37-17-6-7-18-38(37)55(56)43-22-16-28-54-58(43)64(62)46-23-11-15-27-53(46)66(54)51-25-13-9-20-40(51)41-21-10-14-26-52(41)66/h6-30,33-35H,31-32H2,1-5H3. The van der Waals surface area contributed by atoms with E-state index in [-0.39, 0.29) is 17.7 Å². The third-order valence-corrected chi connectivity index (χ3v) is 20.4. The van der Waals surface area contributed by atoms with Gasteiger partial charge in [-0.25, -0.2) is 0 Å². The first-order chi connectivity index (χ1) is 32.2. The molecule has 1 aliphatic carbocycles. The third-order valence-electron chi connectivity index (χ3n) is 16.3. The number of rotatable bonds is 1. The summed E-state index contributed by atoms with van der Waals surface area (Å²) < 4.78 is 7.27. The van der Waals surface area contributed by atoms with E-state index in [9.17, 15) is 0 Å². The molecule has 0 fully saturated rings. The molecule has 5 heteroatoms. The molecule has 3 nitrogen and oxygen atoms in total. The van der Waals surface area contributed by atoms with Crippen LogP contribution in [0.3, 0.4) is 0 Å². The van der Waals surface area contributed by atoms with E-state index in [0.717, 1.165) is 28.4 Å². The Kier molecular flexibility index (Phi) is 7.05. The Balaban J connectivity index is 1.14. The van der Waals surface area contributed by atoms with Gasteiger partial charge in [0.05, 0.1) is 5.69 Å². The summed E-state index contributed by atoms with van der Waals surface area (Å²) in [5.74, 6) is 0. The van der Waals surface area contributed by atoms with Crippen LogP contribution < -0.4 is 20.6 Å². The summed E-state index contributed by atoms with van der Waals surface area (Å²) in [7, 11) is -1.92. The Bertz CT molecular complexity index is 3790. The number of nitrogens with zero attached hydrogens (tertiary/aromatic N) is 2. The van der Waals surface area contributed by atoms with Crippen molar-refractivity contribution in [3.63, 3.8) is 0 Å². The molecular weight excluding hydrogens is 820 g/mol.